The molecule has 4 rings (SSSR count). The highest BCUT2D eigenvalue weighted by Gasteiger charge is 2.33. The first-order valence-electron chi connectivity index (χ1n) is 7.35. The molecule has 0 spiro atoms. The summed E-state index contributed by atoms with van der Waals surface area (Å²) >= 11 is 3.85. The van der Waals surface area contributed by atoms with Crippen molar-refractivity contribution < 1.29 is 4.74 Å². The first-order chi connectivity index (χ1) is 10.3. The summed E-state index contributed by atoms with van der Waals surface area (Å²) in [6.45, 7) is 4.75. The van der Waals surface area contributed by atoms with Gasteiger partial charge in [-0.1, -0.05) is 11.3 Å². The summed E-state index contributed by atoms with van der Waals surface area (Å²) in [7, 11) is 1.71. The van der Waals surface area contributed by atoms with Gasteiger partial charge in [-0.25, -0.2) is 4.98 Å². The topological polar surface area (TPSA) is 28.6 Å². The van der Waals surface area contributed by atoms with Gasteiger partial charge in [0.2, 0.25) is 0 Å². The average Bonchev–Trinajstić information content (AvgIpc) is 2.89. The molecule has 0 amide bonds. The van der Waals surface area contributed by atoms with Gasteiger partial charge in [-0.3, -0.25) is 4.90 Å². The van der Waals surface area contributed by atoms with E-state index < -0.39 is 0 Å². The molecule has 112 valence electrons. The first-order valence-corrected chi connectivity index (χ1v) is 9.32. The van der Waals surface area contributed by atoms with E-state index in [1.54, 1.807) is 18.4 Å². The molecule has 0 unspecified atom stereocenters. The molecule has 0 N–H and O–H groups in total. The standard InChI is InChI=1S/C15H19N3OS2/c1-19-12-2-3-13-14(8-12)21-15(16-13)18-9-11(10-18)17-4-6-20-7-5-17/h2-3,8,11H,4-7,9-10H2,1H3. The van der Waals surface area contributed by atoms with Crippen molar-refractivity contribution in [1.29, 1.82) is 0 Å². The maximum atomic E-state index is 5.29. The van der Waals surface area contributed by atoms with Crippen LogP contribution >= 0.6 is 23.1 Å². The van der Waals surface area contributed by atoms with E-state index in [2.05, 4.69) is 27.6 Å². The van der Waals surface area contributed by atoms with Gasteiger partial charge in [0.05, 0.1) is 17.3 Å². The number of ether oxygens (including phenoxy) is 1. The third-order valence-electron chi connectivity index (χ3n) is 4.28. The van der Waals surface area contributed by atoms with Gasteiger partial charge in [0.1, 0.15) is 5.75 Å². The van der Waals surface area contributed by atoms with Gasteiger partial charge in [0.15, 0.2) is 5.13 Å². The normalized spacial score (nSPS) is 20.7. The highest BCUT2D eigenvalue weighted by molar-refractivity contribution is 7.99. The van der Waals surface area contributed by atoms with E-state index >= 15 is 0 Å². The molecule has 0 radical (unpaired) electrons. The fourth-order valence-electron chi connectivity index (χ4n) is 2.94. The number of benzene rings is 1. The van der Waals surface area contributed by atoms with E-state index in [0.29, 0.717) is 0 Å². The highest BCUT2D eigenvalue weighted by Crippen LogP contribution is 2.34. The number of hydrogen-bond donors (Lipinski definition) is 0. The molecule has 2 saturated heterocycles. The van der Waals surface area contributed by atoms with Crippen molar-refractivity contribution >= 4 is 38.4 Å². The Morgan fingerprint density at radius 3 is 2.81 bits per heavy atom. The quantitative estimate of drug-likeness (QED) is 0.866. The SMILES string of the molecule is COc1ccc2nc(N3CC(N4CCSCC4)C3)sc2c1. The Morgan fingerprint density at radius 2 is 2.05 bits per heavy atom. The van der Waals surface area contributed by atoms with Crippen molar-refractivity contribution in [3.05, 3.63) is 18.2 Å². The van der Waals surface area contributed by atoms with E-state index in [1.165, 1.54) is 29.3 Å². The number of hydrogen-bond acceptors (Lipinski definition) is 6. The number of thiazole rings is 1. The predicted octanol–water partition coefficient (Wildman–Crippen LogP) is 2.54. The molecular formula is C15H19N3OS2. The minimum Gasteiger partial charge on any atom is -0.497 e. The third-order valence-corrected chi connectivity index (χ3v) is 6.30. The maximum Gasteiger partial charge on any atom is 0.186 e. The van der Waals surface area contributed by atoms with Crippen LogP contribution < -0.4 is 9.64 Å². The number of nitrogens with zero attached hydrogens (tertiary/aromatic N) is 3. The predicted molar refractivity (Wildman–Crippen MR) is 91.1 cm³/mol. The van der Waals surface area contributed by atoms with Crippen LogP contribution in [0.2, 0.25) is 0 Å². The first kappa shape index (κ1) is 13.7. The van der Waals surface area contributed by atoms with Gasteiger partial charge >= 0.3 is 0 Å². The molecule has 2 aliphatic rings. The van der Waals surface area contributed by atoms with Crippen LogP contribution in [0.5, 0.6) is 5.75 Å². The molecule has 4 nitrogen and oxygen atoms in total. The van der Waals surface area contributed by atoms with Gasteiger partial charge in [-0.05, 0) is 18.2 Å². The van der Waals surface area contributed by atoms with E-state index in [-0.39, 0.29) is 0 Å². The molecule has 3 heterocycles. The Kier molecular flexibility index (Phi) is 3.69. The van der Waals surface area contributed by atoms with Crippen molar-refractivity contribution in [2.75, 3.05) is 49.7 Å². The van der Waals surface area contributed by atoms with Gasteiger partial charge in [-0.15, -0.1) is 0 Å². The second kappa shape index (κ2) is 5.66. The van der Waals surface area contributed by atoms with Crippen LogP contribution in [0.15, 0.2) is 18.2 Å². The molecule has 1 aromatic heterocycles. The Bertz CT molecular complexity index is 633. The van der Waals surface area contributed by atoms with Gasteiger partial charge in [0, 0.05) is 43.7 Å². The number of thioether (sulfide) groups is 1. The number of rotatable bonds is 3. The number of fused-ring (bicyclic) bond motifs is 1. The molecule has 2 aliphatic heterocycles. The third kappa shape index (κ3) is 2.60. The van der Waals surface area contributed by atoms with E-state index in [0.717, 1.165) is 35.5 Å². The fraction of sp³-hybridized carbons (Fsp3) is 0.533. The van der Waals surface area contributed by atoms with Gasteiger partial charge < -0.3 is 9.64 Å². The maximum absolute atomic E-state index is 5.29. The van der Waals surface area contributed by atoms with Crippen LogP contribution in [0, 0.1) is 0 Å². The molecule has 6 heteroatoms. The smallest absolute Gasteiger partial charge is 0.186 e. The lowest BCUT2D eigenvalue weighted by Crippen LogP contribution is -2.61. The Morgan fingerprint density at radius 1 is 1.24 bits per heavy atom. The number of methoxy groups -OCH3 is 1. The molecule has 0 atom stereocenters. The van der Waals surface area contributed by atoms with Crippen LogP contribution in [-0.4, -0.2) is 60.7 Å². The molecule has 2 fully saturated rings. The van der Waals surface area contributed by atoms with Crippen molar-refractivity contribution in [3.8, 4) is 5.75 Å². The lowest BCUT2D eigenvalue weighted by Gasteiger charge is -2.46. The summed E-state index contributed by atoms with van der Waals surface area (Å²) in [5, 5.41) is 1.15. The Balaban J connectivity index is 1.45. The molecule has 1 aromatic carbocycles. The van der Waals surface area contributed by atoms with Crippen LogP contribution in [0.3, 0.4) is 0 Å². The highest BCUT2D eigenvalue weighted by atomic mass is 32.2. The van der Waals surface area contributed by atoms with Crippen molar-refractivity contribution in [2.24, 2.45) is 0 Å². The van der Waals surface area contributed by atoms with Crippen LogP contribution in [0.25, 0.3) is 10.2 Å². The zero-order chi connectivity index (χ0) is 14.2. The number of aromatic nitrogens is 1. The van der Waals surface area contributed by atoms with Crippen LogP contribution in [0.1, 0.15) is 0 Å². The molecule has 0 bridgehead atoms. The fourth-order valence-corrected chi connectivity index (χ4v) is 4.88. The summed E-state index contributed by atoms with van der Waals surface area (Å²) in [4.78, 5) is 9.80. The minimum atomic E-state index is 0.729. The van der Waals surface area contributed by atoms with Crippen LogP contribution in [0.4, 0.5) is 5.13 Å². The van der Waals surface area contributed by atoms with E-state index in [4.69, 9.17) is 9.72 Å². The van der Waals surface area contributed by atoms with Crippen LogP contribution in [-0.2, 0) is 0 Å². The van der Waals surface area contributed by atoms with Gasteiger partial charge in [-0.2, -0.15) is 11.8 Å². The summed E-state index contributed by atoms with van der Waals surface area (Å²) in [6.07, 6.45) is 0. The van der Waals surface area contributed by atoms with Gasteiger partial charge in [0.25, 0.3) is 0 Å². The monoisotopic (exact) mass is 321 g/mol. The summed E-state index contributed by atoms with van der Waals surface area (Å²) in [6, 6.07) is 6.84. The summed E-state index contributed by atoms with van der Waals surface area (Å²) < 4.78 is 6.50. The van der Waals surface area contributed by atoms with Crippen molar-refractivity contribution in [2.45, 2.75) is 6.04 Å². The average molecular weight is 321 g/mol. The zero-order valence-corrected chi connectivity index (χ0v) is 13.8. The second-order valence-corrected chi connectivity index (χ2v) is 7.77. The zero-order valence-electron chi connectivity index (χ0n) is 12.1. The molecule has 2 aromatic rings. The molecule has 21 heavy (non-hydrogen) atoms. The molecular weight excluding hydrogens is 302 g/mol. The minimum absolute atomic E-state index is 0.729. The summed E-state index contributed by atoms with van der Waals surface area (Å²) in [5.74, 6) is 3.49. The van der Waals surface area contributed by atoms with E-state index in [9.17, 15) is 0 Å². The largest absolute Gasteiger partial charge is 0.497 e. The molecule has 0 aliphatic carbocycles. The van der Waals surface area contributed by atoms with Crippen molar-refractivity contribution in [1.82, 2.24) is 9.88 Å². The number of anilines is 1. The summed E-state index contributed by atoms with van der Waals surface area (Å²) in [5.41, 5.74) is 1.08. The Labute approximate surface area is 133 Å². The second-order valence-electron chi connectivity index (χ2n) is 5.54. The van der Waals surface area contributed by atoms with Crippen molar-refractivity contribution in [3.63, 3.8) is 0 Å². The molecule has 0 saturated carbocycles. The van der Waals surface area contributed by atoms with E-state index in [1.807, 2.05) is 12.1 Å². The lowest BCUT2D eigenvalue weighted by atomic mass is 10.1. The lowest BCUT2D eigenvalue weighted by molar-refractivity contribution is 0.183. The Hall–Kier alpha value is -0.980.